The van der Waals surface area contributed by atoms with Crippen LogP contribution in [-0.4, -0.2) is 43.0 Å². The number of esters is 2. The summed E-state index contributed by atoms with van der Waals surface area (Å²) in [6.45, 7) is 0. The summed E-state index contributed by atoms with van der Waals surface area (Å²) in [5, 5.41) is 13.0. The average molecular weight is 324 g/mol. The number of carbonyl (C=O) groups is 3. The van der Waals surface area contributed by atoms with Crippen molar-refractivity contribution in [2.45, 2.75) is 18.9 Å². The number of nitro benzene ring substituents is 1. The number of amides is 1. The molecule has 1 aromatic rings. The molecule has 9 heteroatoms. The number of nitro groups is 1. The second kappa shape index (κ2) is 8.47. The molecule has 23 heavy (non-hydrogen) atoms. The Balaban J connectivity index is 2.75. The molecule has 0 aliphatic heterocycles. The number of hydrogen-bond acceptors (Lipinski definition) is 7. The molecular weight excluding hydrogens is 308 g/mol. The van der Waals surface area contributed by atoms with E-state index in [0.717, 1.165) is 14.2 Å². The van der Waals surface area contributed by atoms with E-state index in [2.05, 4.69) is 14.8 Å². The maximum atomic E-state index is 12.0. The van der Waals surface area contributed by atoms with Crippen molar-refractivity contribution in [3.8, 4) is 0 Å². The molecule has 1 amide bonds. The summed E-state index contributed by atoms with van der Waals surface area (Å²) >= 11 is 0. The smallest absolute Gasteiger partial charge is 0.328 e. The third-order valence-corrected chi connectivity index (χ3v) is 2.91. The van der Waals surface area contributed by atoms with Crippen molar-refractivity contribution >= 4 is 23.5 Å². The highest BCUT2D eigenvalue weighted by Gasteiger charge is 2.25. The zero-order chi connectivity index (χ0) is 17.4. The summed E-state index contributed by atoms with van der Waals surface area (Å²) in [7, 11) is 2.28. The Hall–Kier alpha value is -2.97. The van der Waals surface area contributed by atoms with Gasteiger partial charge < -0.3 is 14.8 Å². The molecule has 1 rings (SSSR count). The van der Waals surface area contributed by atoms with E-state index >= 15 is 0 Å². The van der Waals surface area contributed by atoms with Crippen LogP contribution >= 0.6 is 0 Å². The Kier molecular flexibility index (Phi) is 6.66. The topological polar surface area (TPSA) is 125 Å². The Morgan fingerprint density at radius 1 is 1.26 bits per heavy atom. The van der Waals surface area contributed by atoms with Crippen molar-refractivity contribution in [2.75, 3.05) is 14.2 Å². The van der Waals surface area contributed by atoms with Crippen LogP contribution < -0.4 is 5.32 Å². The predicted molar refractivity (Wildman–Crippen MR) is 77.4 cm³/mol. The van der Waals surface area contributed by atoms with Crippen LogP contribution in [0.2, 0.25) is 0 Å². The van der Waals surface area contributed by atoms with Crippen molar-refractivity contribution in [1.82, 2.24) is 5.32 Å². The largest absolute Gasteiger partial charge is 0.469 e. The Morgan fingerprint density at radius 2 is 1.96 bits per heavy atom. The molecule has 1 N–H and O–H groups in total. The van der Waals surface area contributed by atoms with E-state index in [-0.39, 0.29) is 18.5 Å². The normalized spacial score (nSPS) is 11.2. The van der Waals surface area contributed by atoms with E-state index in [1.54, 1.807) is 6.07 Å². The Labute approximate surface area is 131 Å². The van der Waals surface area contributed by atoms with Gasteiger partial charge in [0.25, 0.3) is 5.69 Å². The van der Waals surface area contributed by atoms with Crippen molar-refractivity contribution in [2.24, 2.45) is 0 Å². The highest BCUT2D eigenvalue weighted by molar-refractivity contribution is 5.88. The van der Waals surface area contributed by atoms with Gasteiger partial charge >= 0.3 is 11.9 Å². The van der Waals surface area contributed by atoms with Gasteiger partial charge in [0, 0.05) is 12.1 Å². The number of carbonyl (C=O) groups excluding carboxylic acids is 3. The van der Waals surface area contributed by atoms with E-state index in [0.29, 0.717) is 5.56 Å². The molecule has 0 spiro atoms. The summed E-state index contributed by atoms with van der Waals surface area (Å²) in [6.07, 6.45) is -0.555. The van der Waals surface area contributed by atoms with Crippen LogP contribution in [0.1, 0.15) is 12.0 Å². The minimum absolute atomic E-state index is 0.144. The maximum Gasteiger partial charge on any atom is 0.328 e. The number of nitrogens with zero attached hydrogens (tertiary/aromatic N) is 1. The number of methoxy groups -OCH3 is 2. The number of ether oxygens (including phenoxy) is 2. The van der Waals surface area contributed by atoms with Crippen molar-refractivity contribution in [3.63, 3.8) is 0 Å². The summed E-state index contributed by atoms with van der Waals surface area (Å²) in [6, 6.07) is 4.37. The summed E-state index contributed by atoms with van der Waals surface area (Å²) in [5.74, 6) is -2.05. The number of nitrogens with one attached hydrogen (secondary N) is 1. The first-order chi connectivity index (χ1) is 10.9. The lowest BCUT2D eigenvalue weighted by Crippen LogP contribution is -2.43. The SMILES string of the molecule is COC(=O)C[C@H](NC(=O)Cc1cccc([N+](=O)[O-])c1)C(=O)OC. The molecule has 0 radical (unpaired) electrons. The molecular formula is C14H16N2O7. The van der Waals surface area contributed by atoms with Gasteiger partial charge in [-0.15, -0.1) is 0 Å². The van der Waals surface area contributed by atoms with Gasteiger partial charge in [0.15, 0.2) is 0 Å². The lowest BCUT2D eigenvalue weighted by molar-refractivity contribution is -0.384. The molecule has 0 bridgehead atoms. The first kappa shape index (κ1) is 18.1. The molecule has 0 unspecified atom stereocenters. The fourth-order valence-electron chi connectivity index (χ4n) is 1.80. The van der Waals surface area contributed by atoms with Crippen molar-refractivity contribution < 1.29 is 28.8 Å². The summed E-state index contributed by atoms with van der Waals surface area (Å²) < 4.78 is 8.95. The van der Waals surface area contributed by atoms with Gasteiger partial charge in [0.1, 0.15) is 6.04 Å². The van der Waals surface area contributed by atoms with E-state index in [4.69, 9.17) is 0 Å². The third kappa shape index (κ3) is 5.73. The lowest BCUT2D eigenvalue weighted by atomic mass is 10.1. The Morgan fingerprint density at radius 3 is 2.52 bits per heavy atom. The molecule has 1 atom stereocenters. The van der Waals surface area contributed by atoms with E-state index in [1.807, 2.05) is 0 Å². The van der Waals surface area contributed by atoms with Crippen LogP contribution in [0.15, 0.2) is 24.3 Å². The molecule has 0 aliphatic carbocycles. The van der Waals surface area contributed by atoms with Crippen LogP contribution in [0.25, 0.3) is 0 Å². The predicted octanol–water partition coefficient (Wildman–Crippen LogP) is 0.358. The minimum atomic E-state index is -1.18. The first-order valence-electron chi connectivity index (χ1n) is 6.54. The summed E-state index contributed by atoms with van der Waals surface area (Å²) in [4.78, 5) is 44.9. The molecule has 124 valence electrons. The van der Waals surface area contributed by atoms with E-state index in [9.17, 15) is 24.5 Å². The van der Waals surface area contributed by atoms with Crippen LogP contribution in [0.4, 0.5) is 5.69 Å². The number of non-ortho nitro benzene ring substituents is 1. The first-order valence-corrected chi connectivity index (χ1v) is 6.54. The van der Waals surface area contributed by atoms with Gasteiger partial charge in [-0.05, 0) is 5.56 Å². The highest BCUT2D eigenvalue weighted by atomic mass is 16.6. The van der Waals surface area contributed by atoms with Gasteiger partial charge in [-0.25, -0.2) is 4.79 Å². The molecule has 0 saturated carbocycles. The van der Waals surface area contributed by atoms with Crippen molar-refractivity contribution in [3.05, 3.63) is 39.9 Å². The van der Waals surface area contributed by atoms with Gasteiger partial charge in [-0.2, -0.15) is 0 Å². The quantitative estimate of drug-likeness (QED) is 0.436. The van der Waals surface area contributed by atoms with Gasteiger partial charge in [0.2, 0.25) is 5.91 Å². The van der Waals surface area contributed by atoms with Crippen molar-refractivity contribution in [1.29, 1.82) is 0 Å². The maximum absolute atomic E-state index is 12.0. The van der Waals surface area contributed by atoms with E-state index in [1.165, 1.54) is 18.2 Å². The Bertz CT molecular complexity index is 615. The number of rotatable bonds is 7. The highest BCUT2D eigenvalue weighted by Crippen LogP contribution is 2.13. The zero-order valence-corrected chi connectivity index (χ0v) is 12.6. The second-order valence-electron chi connectivity index (χ2n) is 4.53. The fourth-order valence-corrected chi connectivity index (χ4v) is 1.80. The second-order valence-corrected chi connectivity index (χ2v) is 4.53. The van der Waals surface area contributed by atoms with Crippen LogP contribution in [0.5, 0.6) is 0 Å². The fraction of sp³-hybridized carbons (Fsp3) is 0.357. The number of benzene rings is 1. The molecule has 0 saturated heterocycles. The molecule has 0 fully saturated rings. The molecule has 1 aromatic carbocycles. The minimum Gasteiger partial charge on any atom is -0.469 e. The monoisotopic (exact) mass is 324 g/mol. The summed E-state index contributed by atoms with van der Waals surface area (Å²) in [5.41, 5.74) is 0.257. The number of hydrogen-bond donors (Lipinski definition) is 1. The van der Waals surface area contributed by atoms with Gasteiger partial charge in [-0.1, -0.05) is 12.1 Å². The van der Waals surface area contributed by atoms with Crippen LogP contribution in [0, 0.1) is 10.1 Å². The molecule has 9 nitrogen and oxygen atoms in total. The molecule has 0 aliphatic rings. The third-order valence-electron chi connectivity index (χ3n) is 2.91. The van der Waals surface area contributed by atoms with Gasteiger partial charge in [-0.3, -0.25) is 19.7 Å². The van der Waals surface area contributed by atoms with Crippen LogP contribution in [-0.2, 0) is 30.3 Å². The van der Waals surface area contributed by atoms with Gasteiger partial charge in [0.05, 0.1) is 32.0 Å². The lowest BCUT2D eigenvalue weighted by Gasteiger charge is -2.15. The average Bonchev–Trinajstić information content (AvgIpc) is 2.53. The standard InChI is InChI=1S/C14H16N2O7/c1-22-13(18)8-11(14(19)23-2)15-12(17)7-9-4-3-5-10(6-9)16(20)21/h3-6,11H,7-8H2,1-2H3,(H,15,17)/t11-/m0/s1. The molecule has 0 heterocycles. The van der Waals surface area contributed by atoms with Crippen LogP contribution in [0.3, 0.4) is 0 Å². The zero-order valence-electron chi connectivity index (χ0n) is 12.6. The van der Waals surface area contributed by atoms with E-state index < -0.39 is 28.8 Å². The molecule has 0 aromatic heterocycles.